The van der Waals surface area contributed by atoms with E-state index in [1.54, 1.807) is 25.6 Å². The molecule has 0 saturated carbocycles. The van der Waals surface area contributed by atoms with Crippen LogP contribution in [-0.2, 0) is 39.0 Å². The molecule has 0 fully saturated rings. The molecule has 0 N–H and O–H groups in total. The van der Waals surface area contributed by atoms with Gasteiger partial charge in [-0.3, -0.25) is 9.00 Å². The van der Waals surface area contributed by atoms with Gasteiger partial charge in [0.2, 0.25) is 0 Å². The number of benzene rings is 3. The van der Waals surface area contributed by atoms with Gasteiger partial charge in [-0.25, -0.2) is 4.98 Å². The van der Waals surface area contributed by atoms with Crippen molar-refractivity contribution >= 4 is 22.7 Å². The lowest BCUT2D eigenvalue weighted by Gasteiger charge is -2.10. The quantitative estimate of drug-likeness (QED) is 0.0924. The summed E-state index contributed by atoms with van der Waals surface area (Å²) < 4.78 is 31.9. The Morgan fingerprint density at radius 3 is 2.41 bits per heavy atom. The first-order chi connectivity index (χ1) is 21.4. The maximum atomic E-state index is 13.0. The van der Waals surface area contributed by atoms with Gasteiger partial charge in [0.25, 0.3) is 0 Å². The molecule has 0 aliphatic carbocycles. The number of carbonyl (C=O) groups is 1. The van der Waals surface area contributed by atoms with Gasteiger partial charge in [0.15, 0.2) is 5.78 Å². The number of methoxy groups -OCH3 is 1. The summed E-state index contributed by atoms with van der Waals surface area (Å²) in [5, 5.41) is 0. The summed E-state index contributed by atoms with van der Waals surface area (Å²) in [6.45, 7) is 8.78. The minimum absolute atomic E-state index is 0.0334. The van der Waals surface area contributed by atoms with E-state index < -0.39 is 10.8 Å². The van der Waals surface area contributed by atoms with E-state index >= 15 is 0 Å². The zero-order chi connectivity index (χ0) is 31.3. The van der Waals surface area contributed by atoms with Gasteiger partial charge in [0.05, 0.1) is 48.0 Å². The van der Waals surface area contributed by atoms with Crippen LogP contribution in [0.1, 0.15) is 49.2 Å². The molecule has 44 heavy (non-hydrogen) atoms. The number of unbranched alkanes of at least 4 members (excludes halogenated alkanes) is 1. The SMILES string of the molecule is CCCCOCCOc1ccc(-c2ccc(OC)c(/C=C/C(=O)Cc3ccc([S@@](=O)Cc4c(C)ncn4CC)cc3)c2)cc1. The molecule has 1 aromatic heterocycles. The van der Waals surface area contributed by atoms with Gasteiger partial charge in [0.1, 0.15) is 18.1 Å². The summed E-state index contributed by atoms with van der Waals surface area (Å²) in [4.78, 5) is 17.9. The molecule has 0 spiro atoms. The molecule has 1 heterocycles. The van der Waals surface area contributed by atoms with E-state index in [-0.39, 0.29) is 12.2 Å². The molecular formula is C36H42N2O5S. The van der Waals surface area contributed by atoms with Crippen LogP contribution in [-0.4, -0.2) is 46.5 Å². The third-order valence-corrected chi connectivity index (χ3v) is 8.67. The van der Waals surface area contributed by atoms with Crippen LogP contribution < -0.4 is 9.47 Å². The van der Waals surface area contributed by atoms with E-state index in [9.17, 15) is 9.00 Å². The van der Waals surface area contributed by atoms with E-state index in [1.165, 1.54) is 0 Å². The van der Waals surface area contributed by atoms with Gasteiger partial charge >= 0.3 is 0 Å². The zero-order valence-electron chi connectivity index (χ0n) is 26.1. The number of ketones is 1. The van der Waals surface area contributed by atoms with Crippen molar-refractivity contribution in [2.45, 2.75) is 57.2 Å². The predicted octanol–water partition coefficient (Wildman–Crippen LogP) is 7.22. The number of imidazole rings is 1. The second-order valence-electron chi connectivity index (χ2n) is 10.5. The van der Waals surface area contributed by atoms with Gasteiger partial charge in [-0.05, 0) is 85.5 Å². The molecule has 3 aromatic carbocycles. The first kappa shape index (κ1) is 32.9. The minimum Gasteiger partial charge on any atom is -0.496 e. The third-order valence-electron chi connectivity index (χ3n) is 7.33. The summed E-state index contributed by atoms with van der Waals surface area (Å²) in [6, 6.07) is 21.3. The van der Waals surface area contributed by atoms with Crippen LogP contribution in [0.2, 0.25) is 0 Å². The van der Waals surface area contributed by atoms with E-state index in [2.05, 4.69) is 11.9 Å². The molecule has 0 aliphatic rings. The Labute approximate surface area is 263 Å². The Morgan fingerprint density at radius 2 is 1.70 bits per heavy atom. The van der Waals surface area contributed by atoms with E-state index in [1.807, 2.05) is 85.1 Å². The maximum absolute atomic E-state index is 13.0. The van der Waals surface area contributed by atoms with Gasteiger partial charge in [-0.1, -0.05) is 43.7 Å². The fourth-order valence-corrected chi connectivity index (χ4v) is 5.96. The van der Waals surface area contributed by atoms with E-state index in [0.717, 1.165) is 70.3 Å². The minimum atomic E-state index is -1.20. The standard InChI is InChI=1S/C36H42N2O5S/c1-5-7-20-42-21-22-43-33-15-11-29(12-16-33)30-13-19-36(41-4)31(24-30)10-14-32(39)23-28-8-17-34(18-9-28)44(40)25-35-27(3)37-26-38(35)6-2/h8-19,24,26H,5-7,20-23,25H2,1-4H3/b14-10+/t44-/m0/s1. The van der Waals surface area contributed by atoms with Crippen molar-refractivity contribution in [3.05, 3.63) is 102 Å². The average Bonchev–Trinajstić information content (AvgIpc) is 3.40. The Bertz CT molecular complexity index is 1560. The van der Waals surface area contributed by atoms with Crippen molar-refractivity contribution in [2.75, 3.05) is 26.9 Å². The molecule has 1 atom stereocenters. The van der Waals surface area contributed by atoms with Crippen molar-refractivity contribution in [2.24, 2.45) is 0 Å². The van der Waals surface area contributed by atoms with Crippen LogP contribution >= 0.6 is 0 Å². The van der Waals surface area contributed by atoms with Crippen LogP contribution in [0.4, 0.5) is 0 Å². The monoisotopic (exact) mass is 614 g/mol. The fraction of sp³-hybridized carbons (Fsp3) is 0.333. The third kappa shape index (κ3) is 9.24. The molecule has 0 aliphatic heterocycles. The fourth-order valence-electron chi connectivity index (χ4n) is 4.73. The van der Waals surface area contributed by atoms with Gasteiger partial charge in [-0.15, -0.1) is 0 Å². The summed E-state index contributed by atoms with van der Waals surface area (Å²) in [5.74, 6) is 1.86. The molecule has 0 amide bonds. The highest BCUT2D eigenvalue weighted by Gasteiger charge is 2.13. The normalized spacial score (nSPS) is 12.0. The smallest absolute Gasteiger partial charge is 0.160 e. The Balaban J connectivity index is 1.35. The van der Waals surface area contributed by atoms with Gasteiger partial charge in [-0.2, -0.15) is 0 Å². The van der Waals surface area contributed by atoms with Crippen molar-refractivity contribution in [3.8, 4) is 22.6 Å². The van der Waals surface area contributed by atoms with Crippen LogP contribution in [0.5, 0.6) is 11.5 Å². The molecule has 0 radical (unpaired) electrons. The number of carbonyl (C=O) groups excluding carboxylic acids is 1. The number of hydrogen-bond acceptors (Lipinski definition) is 6. The second kappa shape index (κ2) is 16.7. The highest BCUT2D eigenvalue weighted by atomic mass is 32.2. The van der Waals surface area contributed by atoms with Crippen LogP contribution in [0.3, 0.4) is 0 Å². The van der Waals surface area contributed by atoms with Crippen molar-refractivity contribution in [1.82, 2.24) is 9.55 Å². The number of rotatable bonds is 17. The molecule has 4 aromatic rings. The molecule has 0 unspecified atom stereocenters. The number of hydrogen-bond donors (Lipinski definition) is 0. The molecular weight excluding hydrogens is 572 g/mol. The van der Waals surface area contributed by atoms with Gasteiger partial charge in [0, 0.05) is 30.0 Å². The molecule has 0 bridgehead atoms. The highest BCUT2D eigenvalue weighted by Crippen LogP contribution is 2.29. The Hall–Kier alpha value is -4.01. The van der Waals surface area contributed by atoms with Gasteiger partial charge < -0.3 is 18.8 Å². The van der Waals surface area contributed by atoms with E-state index in [4.69, 9.17) is 14.2 Å². The van der Waals surface area contributed by atoms with Crippen LogP contribution in [0.25, 0.3) is 17.2 Å². The van der Waals surface area contributed by atoms with Crippen molar-refractivity contribution in [1.29, 1.82) is 0 Å². The Morgan fingerprint density at radius 1 is 0.955 bits per heavy atom. The number of ether oxygens (including phenoxy) is 3. The van der Waals surface area contributed by atoms with Crippen LogP contribution in [0, 0.1) is 6.92 Å². The van der Waals surface area contributed by atoms with E-state index in [0.29, 0.717) is 24.7 Å². The predicted molar refractivity (Wildman–Crippen MR) is 177 cm³/mol. The lowest BCUT2D eigenvalue weighted by Crippen LogP contribution is -2.07. The lowest BCUT2D eigenvalue weighted by molar-refractivity contribution is -0.113. The Kier molecular flexibility index (Phi) is 12.5. The van der Waals surface area contributed by atoms with Crippen molar-refractivity contribution in [3.63, 3.8) is 0 Å². The largest absolute Gasteiger partial charge is 0.496 e. The maximum Gasteiger partial charge on any atom is 0.160 e. The average molecular weight is 615 g/mol. The zero-order valence-corrected chi connectivity index (χ0v) is 26.9. The molecule has 8 heteroatoms. The molecule has 0 saturated heterocycles. The summed E-state index contributed by atoms with van der Waals surface area (Å²) >= 11 is 0. The number of aromatic nitrogens is 2. The second-order valence-corrected chi connectivity index (χ2v) is 11.9. The number of aryl methyl sites for hydroxylation is 2. The summed E-state index contributed by atoms with van der Waals surface area (Å²) in [7, 11) is 0.423. The molecule has 232 valence electrons. The first-order valence-corrected chi connectivity index (χ1v) is 16.4. The van der Waals surface area contributed by atoms with Crippen molar-refractivity contribution < 1.29 is 23.2 Å². The highest BCUT2D eigenvalue weighted by molar-refractivity contribution is 7.84. The lowest BCUT2D eigenvalue weighted by atomic mass is 10.0. The summed E-state index contributed by atoms with van der Waals surface area (Å²) in [5.41, 5.74) is 5.61. The molecule has 7 nitrogen and oxygen atoms in total. The molecule has 4 rings (SSSR count). The number of allylic oxidation sites excluding steroid dienone is 1. The first-order valence-electron chi connectivity index (χ1n) is 15.1. The van der Waals surface area contributed by atoms with Crippen LogP contribution in [0.15, 0.2) is 84.0 Å². The topological polar surface area (TPSA) is 79.7 Å². The summed E-state index contributed by atoms with van der Waals surface area (Å²) in [6.07, 6.45) is 7.60. The number of nitrogens with zero attached hydrogens (tertiary/aromatic N) is 2.